The average Bonchev–Trinajstić information content (AvgIpc) is 3.24. The average molecular weight is 542 g/mol. The maximum atomic E-state index is 13.5. The van der Waals surface area contributed by atoms with Crippen molar-refractivity contribution in [1.29, 1.82) is 0 Å². The summed E-state index contributed by atoms with van der Waals surface area (Å²) in [4.78, 5) is 28.4. The molecule has 40 heavy (non-hydrogen) atoms. The Hall–Kier alpha value is -4.72. The Morgan fingerprint density at radius 2 is 1.77 bits per heavy atom. The van der Waals surface area contributed by atoms with Gasteiger partial charge in [0.05, 0.1) is 18.2 Å². The fraction of sp³-hybridized carbons (Fsp3) is 0.250. The van der Waals surface area contributed by atoms with Gasteiger partial charge in [-0.1, -0.05) is 49.1 Å². The van der Waals surface area contributed by atoms with Gasteiger partial charge in [0.2, 0.25) is 0 Å². The largest absolute Gasteiger partial charge is 0.507 e. The zero-order chi connectivity index (χ0) is 28.1. The van der Waals surface area contributed by atoms with Gasteiger partial charge in [-0.3, -0.25) is 9.59 Å². The van der Waals surface area contributed by atoms with Crippen LogP contribution in [0.3, 0.4) is 0 Å². The van der Waals surface area contributed by atoms with E-state index in [2.05, 4.69) is 6.58 Å². The first kappa shape index (κ1) is 26.9. The summed E-state index contributed by atoms with van der Waals surface area (Å²) in [5, 5.41) is 11.5. The minimum absolute atomic E-state index is 0.00283. The molecule has 1 N–H and O–H groups in total. The number of ether oxygens (including phenoxy) is 4. The highest BCUT2D eigenvalue weighted by Crippen LogP contribution is 2.43. The molecule has 0 bridgehead atoms. The second kappa shape index (κ2) is 12.0. The molecule has 2 aliphatic heterocycles. The van der Waals surface area contributed by atoms with Crippen LogP contribution in [-0.2, 0) is 16.0 Å². The van der Waals surface area contributed by atoms with Crippen molar-refractivity contribution < 1.29 is 33.6 Å². The summed E-state index contributed by atoms with van der Waals surface area (Å²) in [7, 11) is 0. The van der Waals surface area contributed by atoms with Crippen molar-refractivity contribution in [3.8, 4) is 23.0 Å². The normalized spacial score (nSPS) is 17.5. The SMILES string of the molecule is C=CCOc1ccc([C@H]2/C(=C(\O)c3ccc4c(c3)OCCO4)C(=O)C(=O)N2CCc2ccccc2)cc1OCC. The molecule has 1 fully saturated rings. The molecule has 3 aromatic carbocycles. The van der Waals surface area contributed by atoms with Gasteiger partial charge in [-0.15, -0.1) is 0 Å². The lowest BCUT2D eigenvalue weighted by atomic mass is 9.94. The number of rotatable bonds is 10. The summed E-state index contributed by atoms with van der Waals surface area (Å²) in [6, 6.07) is 19.1. The van der Waals surface area contributed by atoms with Crippen LogP contribution in [0.1, 0.15) is 29.7 Å². The number of aliphatic hydroxyl groups is 1. The number of nitrogens with zero attached hydrogens (tertiary/aromatic N) is 1. The standard InChI is InChI=1S/C32H31NO7/c1-3-16-38-24-12-10-22(19-26(24)37-4-2)29-28(30(34)23-11-13-25-27(20-23)40-18-17-39-25)31(35)32(36)33(29)15-14-21-8-6-5-7-9-21/h3,5-13,19-20,29,34H,1,4,14-18H2,2H3/b30-28+/t29-/m0/s1. The number of carbonyl (C=O) groups excluding carboxylic acids is 2. The highest BCUT2D eigenvalue weighted by Gasteiger charge is 2.46. The number of hydrogen-bond acceptors (Lipinski definition) is 7. The van der Waals surface area contributed by atoms with Crippen molar-refractivity contribution in [1.82, 2.24) is 4.90 Å². The lowest BCUT2D eigenvalue weighted by Gasteiger charge is -2.26. The number of benzene rings is 3. The zero-order valence-corrected chi connectivity index (χ0v) is 22.3. The van der Waals surface area contributed by atoms with Gasteiger partial charge < -0.3 is 29.0 Å². The summed E-state index contributed by atoms with van der Waals surface area (Å²) < 4.78 is 22.9. The smallest absolute Gasteiger partial charge is 0.295 e. The first-order valence-corrected chi connectivity index (χ1v) is 13.2. The Morgan fingerprint density at radius 3 is 2.52 bits per heavy atom. The van der Waals surface area contributed by atoms with E-state index in [9.17, 15) is 14.7 Å². The number of ketones is 1. The molecule has 1 amide bonds. The number of fused-ring (bicyclic) bond motifs is 1. The van der Waals surface area contributed by atoms with Crippen LogP contribution in [0.4, 0.5) is 0 Å². The molecule has 0 saturated carbocycles. The maximum absolute atomic E-state index is 13.5. The van der Waals surface area contributed by atoms with Crippen molar-refractivity contribution in [2.75, 3.05) is 33.0 Å². The molecule has 8 heteroatoms. The molecule has 2 heterocycles. The Kier molecular flexibility index (Phi) is 8.05. The molecular weight excluding hydrogens is 510 g/mol. The van der Waals surface area contributed by atoms with Crippen LogP contribution in [0.15, 0.2) is 85.0 Å². The van der Waals surface area contributed by atoms with Crippen molar-refractivity contribution in [3.05, 3.63) is 102 Å². The molecule has 0 aromatic heterocycles. The van der Waals surface area contributed by atoms with E-state index in [1.807, 2.05) is 37.3 Å². The van der Waals surface area contributed by atoms with Crippen LogP contribution in [-0.4, -0.2) is 54.7 Å². The van der Waals surface area contributed by atoms with Gasteiger partial charge in [0.25, 0.3) is 11.7 Å². The molecule has 0 spiro atoms. The lowest BCUT2D eigenvalue weighted by Crippen LogP contribution is -2.31. The second-order valence-corrected chi connectivity index (χ2v) is 9.33. The summed E-state index contributed by atoms with van der Waals surface area (Å²) in [6.07, 6.45) is 2.17. The Balaban J connectivity index is 1.60. The third kappa shape index (κ3) is 5.38. The number of Topliss-reactive ketones (excluding diaryl/α,β-unsaturated/α-hetero) is 1. The first-order valence-electron chi connectivity index (χ1n) is 13.2. The van der Waals surface area contributed by atoms with Crippen LogP contribution in [0, 0.1) is 0 Å². The van der Waals surface area contributed by atoms with Crippen LogP contribution >= 0.6 is 0 Å². The molecular formula is C32H31NO7. The van der Waals surface area contributed by atoms with Gasteiger partial charge in [0, 0.05) is 12.1 Å². The topological polar surface area (TPSA) is 94.5 Å². The minimum Gasteiger partial charge on any atom is -0.507 e. The summed E-state index contributed by atoms with van der Waals surface area (Å²) >= 11 is 0. The van der Waals surface area contributed by atoms with E-state index in [4.69, 9.17) is 18.9 Å². The lowest BCUT2D eigenvalue weighted by molar-refractivity contribution is -0.139. The van der Waals surface area contributed by atoms with Crippen molar-refractivity contribution >= 4 is 17.4 Å². The fourth-order valence-electron chi connectivity index (χ4n) is 4.93. The van der Waals surface area contributed by atoms with E-state index >= 15 is 0 Å². The molecule has 0 unspecified atom stereocenters. The van der Waals surface area contributed by atoms with E-state index in [1.165, 1.54) is 4.90 Å². The summed E-state index contributed by atoms with van der Waals surface area (Å²) in [5.41, 5.74) is 1.99. The second-order valence-electron chi connectivity index (χ2n) is 9.33. The quantitative estimate of drug-likeness (QED) is 0.165. The number of amides is 1. The van der Waals surface area contributed by atoms with Gasteiger partial charge in [-0.05, 0) is 54.8 Å². The van der Waals surface area contributed by atoms with E-state index in [0.717, 1.165) is 5.56 Å². The highest BCUT2D eigenvalue weighted by molar-refractivity contribution is 6.46. The van der Waals surface area contributed by atoms with E-state index in [1.54, 1.807) is 42.5 Å². The molecule has 1 atom stereocenters. The van der Waals surface area contributed by atoms with Crippen molar-refractivity contribution in [2.45, 2.75) is 19.4 Å². The predicted octanol–water partition coefficient (Wildman–Crippen LogP) is 5.09. The van der Waals surface area contributed by atoms with E-state index < -0.39 is 17.7 Å². The van der Waals surface area contributed by atoms with Crippen LogP contribution in [0.25, 0.3) is 5.76 Å². The number of aliphatic hydroxyl groups excluding tert-OH is 1. The third-order valence-corrected chi connectivity index (χ3v) is 6.78. The molecule has 1 saturated heterocycles. The van der Waals surface area contributed by atoms with Crippen LogP contribution in [0.2, 0.25) is 0 Å². The molecule has 3 aromatic rings. The number of likely N-dealkylation sites (tertiary alicyclic amines) is 1. The summed E-state index contributed by atoms with van der Waals surface area (Å²) in [6.45, 7) is 7.31. The van der Waals surface area contributed by atoms with Crippen molar-refractivity contribution in [3.63, 3.8) is 0 Å². The zero-order valence-electron chi connectivity index (χ0n) is 22.3. The molecule has 206 valence electrons. The number of carbonyl (C=O) groups is 2. The molecule has 2 aliphatic rings. The molecule has 8 nitrogen and oxygen atoms in total. The Labute approximate surface area is 233 Å². The van der Waals surface area contributed by atoms with Gasteiger partial charge in [0.15, 0.2) is 23.0 Å². The van der Waals surface area contributed by atoms with Gasteiger partial charge in [0.1, 0.15) is 25.6 Å². The maximum Gasteiger partial charge on any atom is 0.295 e. The molecule has 0 aliphatic carbocycles. The molecule has 5 rings (SSSR count). The third-order valence-electron chi connectivity index (χ3n) is 6.78. The Morgan fingerprint density at radius 1 is 1.00 bits per heavy atom. The minimum atomic E-state index is -0.843. The summed E-state index contributed by atoms with van der Waals surface area (Å²) in [5.74, 6) is 0.285. The van der Waals surface area contributed by atoms with Crippen molar-refractivity contribution in [2.24, 2.45) is 0 Å². The molecule has 0 radical (unpaired) electrons. The Bertz CT molecular complexity index is 1450. The monoisotopic (exact) mass is 541 g/mol. The number of hydrogen-bond donors (Lipinski definition) is 1. The fourth-order valence-corrected chi connectivity index (χ4v) is 4.93. The first-order chi connectivity index (χ1) is 19.5. The van der Waals surface area contributed by atoms with Gasteiger partial charge >= 0.3 is 0 Å². The van der Waals surface area contributed by atoms with Gasteiger partial charge in [-0.25, -0.2) is 0 Å². The van der Waals surface area contributed by atoms with Crippen LogP contribution in [0.5, 0.6) is 23.0 Å². The van der Waals surface area contributed by atoms with Gasteiger partial charge in [-0.2, -0.15) is 0 Å². The predicted molar refractivity (Wildman–Crippen MR) is 150 cm³/mol. The van der Waals surface area contributed by atoms with Crippen LogP contribution < -0.4 is 18.9 Å². The van der Waals surface area contributed by atoms with E-state index in [0.29, 0.717) is 67.0 Å². The highest BCUT2D eigenvalue weighted by atomic mass is 16.6. The van der Waals surface area contributed by atoms with E-state index in [-0.39, 0.29) is 17.9 Å².